The first-order valence-corrected chi connectivity index (χ1v) is 7.14. The van der Waals surface area contributed by atoms with Crippen molar-refractivity contribution in [1.29, 1.82) is 0 Å². The number of rotatable bonds is 3. The molecule has 5 nitrogen and oxygen atoms in total. The third-order valence-corrected chi connectivity index (χ3v) is 4.05. The molecule has 0 amide bonds. The molecule has 1 aromatic carbocycles. The summed E-state index contributed by atoms with van der Waals surface area (Å²) in [5.41, 5.74) is 0.197. The third-order valence-electron chi connectivity index (χ3n) is 3.22. The van der Waals surface area contributed by atoms with E-state index in [0.717, 1.165) is 25.9 Å². The van der Waals surface area contributed by atoms with Crippen molar-refractivity contribution >= 4 is 34.0 Å². The second-order valence-corrected chi connectivity index (χ2v) is 5.95. The summed E-state index contributed by atoms with van der Waals surface area (Å²) in [6, 6.07) is 2.61. The molecule has 1 atom stereocenters. The standard InChI is InChI=1S/C12H15FIN3O2/c1-16-4-2-3-8(7-16)15-11-5-9(13)10(14)6-12(11)17(18)19/h5-6,8,15H,2-4,7H2,1H3. The molecular weight excluding hydrogens is 364 g/mol. The number of likely N-dealkylation sites (tertiary alicyclic amines) is 1. The Hall–Kier alpha value is -0.960. The number of nitrogens with one attached hydrogen (secondary N) is 1. The topological polar surface area (TPSA) is 58.4 Å². The summed E-state index contributed by atoms with van der Waals surface area (Å²) in [5, 5.41) is 14.1. The number of nitrogens with zero attached hydrogens (tertiary/aromatic N) is 2. The molecule has 0 saturated carbocycles. The summed E-state index contributed by atoms with van der Waals surface area (Å²) < 4.78 is 13.8. The summed E-state index contributed by atoms with van der Waals surface area (Å²) in [5.74, 6) is -0.433. The molecule has 1 aromatic rings. The Morgan fingerprint density at radius 2 is 2.32 bits per heavy atom. The molecule has 0 bridgehead atoms. The lowest BCUT2D eigenvalue weighted by Gasteiger charge is -2.30. The molecule has 1 heterocycles. The van der Waals surface area contributed by atoms with Crippen LogP contribution in [0.25, 0.3) is 0 Å². The lowest BCUT2D eigenvalue weighted by Crippen LogP contribution is -2.39. The lowest BCUT2D eigenvalue weighted by molar-refractivity contribution is -0.384. The second-order valence-electron chi connectivity index (χ2n) is 4.79. The van der Waals surface area contributed by atoms with Crippen LogP contribution in [0.5, 0.6) is 0 Å². The zero-order valence-corrected chi connectivity index (χ0v) is 12.7. The van der Waals surface area contributed by atoms with Crippen LogP contribution in [0.2, 0.25) is 0 Å². The van der Waals surface area contributed by atoms with Crippen molar-refractivity contribution in [2.24, 2.45) is 0 Å². The van der Waals surface area contributed by atoms with Crippen LogP contribution in [0.1, 0.15) is 12.8 Å². The van der Waals surface area contributed by atoms with E-state index in [9.17, 15) is 14.5 Å². The van der Waals surface area contributed by atoms with E-state index < -0.39 is 10.7 Å². The quantitative estimate of drug-likeness (QED) is 0.499. The van der Waals surface area contributed by atoms with Crippen molar-refractivity contribution < 1.29 is 9.31 Å². The van der Waals surface area contributed by atoms with Crippen molar-refractivity contribution in [3.05, 3.63) is 31.6 Å². The summed E-state index contributed by atoms with van der Waals surface area (Å²) >= 11 is 1.76. The van der Waals surface area contributed by atoms with Crippen LogP contribution < -0.4 is 5.32 Å². The fourth-order valence-corrected chi connectivity index (χ4v) is 2.76. The van der Waals surface area contributed by atoms with Crippen molar-refractivity contribution in [3.63, 3.8) is 0 Å². The zero-order valence-electron chi connectivity index (χ0n) is 10.5. The van der Waals surface area contributed by atoms with E-state index in [0.29, 0.717) is 0 Å². The maximum Gasteiger partial charge on any atom is 0.293 e. The van der Waals surface area contributed by atoms with Gasteiger partial charge in [-0.25, -0.2) is 4.39 Å². The number of anilines is 1. The number of benzene rings is 1. The Morgan fingerprint density at radius 1 is 1.58 bits per heavy atom. The number of nitro benzene ring substituents is 1. The molecule has 0 aliphatic carbocycles. The van der Waals surface area contributed by atoms with Gasteiger partial charge in [-0.05, 0) is 49.0 Å². The summed E-state index contributed by atoms with van der Waals surface area (Å²) in [4.78, 5) is 12.7. The van der Waals surface area contributed by atoms with Gasteiger partial charge in [0.15, 0.2) is 0 Å². The van der Waals surface area contributed by atoms with E-state index in [4.69, 9.17) is 0 Å². The van der Waals surface area contributed by atoms with Gasteiger partial charge in [0.2, 0.25) is 0 Å². The van der Waals surface area contributed by atoms with Gasteiger partial charge in [0.05, 0.1) is 8.49 Å². The highest BCUT2D eigenvalue weighted by atomic mass is 127. The number of nitro groups is 1. The number of piperidine rings is 1. The van der Waals surface area contributed by atoms with E-state index >= 15 is 0 Å². The summed E-state index contributed by atoms with van der Waals surface area (Å²) in [6.07, 6.45) is 1.98. The largest absolute Gasteiger partial charge is 0.375 e. The average Bonchev–Trinajstić information content (AvgIpc) is 2.33. The summed E-state index contributed by atoms with van der Waals surface area (Å²) in [7, 11) is 2.01. The Balaban J connectivity index is 2.23. The predicted octanol–water partition coefficient (Wildman–Crippen LogP) is 2.84. The van der Waals surface area contributed by atoms with Crippen LogP contribution in [-0.2, 0) is 0 Å². The molecule has 0 radical (unpaired) electrons. The molecule has 104 valence electrons. The zero-order chi connectivity index (χ0) is 14.0. The molecule has 1 unspecified atom stereocenters. The molecule has 0 aromatic heterocycles. The van der Waals surface area contributed by atoms with Gasteiger partial charge in [-0.2, -0.15) is 0 Å². The smallest absolute Gasteiger partial charge is 0.293 e. The minimum absolute atomic E-state index is 0.0703. The number of hydrogen-bond acceptors (Lipinski definition) is 4. The van der Waals surface area contributed by atoms with E-state index in [1.807, 2.05) is 7.05 Å². The maximum atomic E-state index is 13.6. The molecule has 1 saturated heterocycles. The van der Waals surface area contributed by atoms with E-state index in [2.05, 4.69) is 10.2 Å². The number of likely N-dealkylation sites (N-methyl/N-ethyl adjacent to an activating group) is 1. The SMILES string of the molecule is CN1CCCC(Nc2cc(F)c(I)cc2[N+](=O)[O-])C1. The van der Waals surface area contributed by atoms with Crippen LogP contribution in [0.3, 0.4) is 0 Å². The molecular formula is C12H15FIN3O2. The van der Waals surface area contributed by atoms with Gasteiger partial charge >= 0.3 is 0 Å². The average molecular weight is 379 g/mol. The van der Waals surface area contributed by atoms with Gasteiger partial charge in [-0.1, -0.05) is 0 Å². The Labute approximate surface area is 124 Å². The van der Waals surface area contributed by atoms with E-state index in [1.54, 1.807) is 22.6 Å². The van der Waals surface area contributed by atoms with Crippen molar-refractivity contribution in [3.8, 4) is 0 Å². The minimum atomic E-state index is -0.476. The first kappa shape index (κ1) is 14.4. The summed E-state index contributed by atoms with van der Waals surface area (Å²) in [6.45, 7) is 1.84. The Kier molecular flexibility index (Phi) is 4.56. The van der Waals surface area contributed by atoms with Crippen molar-refractivity contribution in [2.75, 3.05) is 25.5 Å². The Morgan fingerprint density at radius 3 is 2.95 bits per heavy atom. The second kappa shape index (κ2) is 6.00. The van der Waals surface area contributed by atoms with Gasteiger partial charge in [0.25, 0.3) is 5.69 Å². The normalized spacial score (nSPS) is 20.3. The van der Waals surface area contributed by atoms with E-state index in [-0.39, 0.29) is 21.0 Å². The molecule has 7 heteroatoms. The lowest BCUT2D eigenvalue weighted by atomic mass is 10.1. The van der Waals surface area contributed by atoms with Crippen LogP contribution >= 0.6 is 22.6 Å². The van der Waals surface area contributed by atoms with Gasteiger partial charge in [-0.3, -0.25) is 10.1 Å². The van der Waals surface area contributed by atoms with Gasteiger partial charge < -0.3 is 10.2 Å². The van der Waals surface area contributed by atoms with Crippen LogP contribution in [0, 0.1) is 19.5 Å². The first-order chi connectivity index (χ1) is 8.97. The van der Waals surface area contributed by atoms with Gasteiger partial charge in [-0.15, -0.1) is 0 Å². The van der Waals surface area contributed by atoms with Crippen LogP contribution in [0.15, 0.2) is 12.1 Å². The Bertz CT molecular complexity index is 498. The van der Waals surface area contributed by atoms with E-state index in [1.165, 1.54) is 12.1 Å². The van der Waals surface area contributed by atoms with Gasteiger partial charge in [0.1, 0.15) is 11.5 Å². The molecule has 1 N–H and O–H groups in total. The highest BCUT2D eigenvalue weighted by molar-refractivity contribution is 14.1. The van der Waals surface area contributed by atoms with Crippen LogP contribution in [-0.4, -0.2) is 36.0 Å². The highest BCUT2D eigenvalue weighted by Crippen LogP contribution is 2.30. The fourth-order valence-electron chi connectivity index (χ4n) is 2.31. The fraction of sp³-hybridized carbons (Fsp3) is 0.500. The molecule has 1 aliphatic rings. The monoisotopic (exact) mass is 379 g/mol. The maximum absolute atomic E-state index is 13.6. The molecule has 19 heavy (non-hydrogen) atoms. The van der Waals surface area contributed by atoms with Crippen LogP contribution in [0.4, 0.5) is 15.8 Å². The van der Waals surface area contributed by atoms with Gasteiger partial charge in [0, 0.05) is 24.7 Å². The number of halogens is 2. The molecule has 0 spiro atoms. The molecule has 1 aliphatic heterocycles. The third kappa shape index (κ3) is 3.53. The van der Waals surface area contributed by atoms with Crippen molar-refractivity contribution in [1.82, 2.24) is 4.90 Å². The predicted molar refractivity (Wildman–Crippen MR) is 79.9 cm³/mol. The molecule has 2 rings (SSSR count). The highest BCUT2D eigenvalue weighted by Gasteiger charge is 2.22. The first-order valence-electron chi connectivity index (χ1n) is 6.06. The van der Waals surface area contributed by atoms with Crippen molar-refractivity contribution in [2.45, 2.75) is 18.9 Å². The minimum Gasteiger partial charge on any atom is -0.375 e. The number of hydrogen-bond donors (Lipinski definition) is 1. The molecule has 1 fully saturated rings.